The van der Waals surface area contributed by atoms with E-state index in [9.17, 15) is 14.9 Å². The van der Waals surface area contributed by atoms with Crippen LogP contribution in [0.25, 0.3) is 0 Å². The maximum Gasteiger partial charge on any atom is 0.294 e. The van der Waals surface area contributed by atoms with Crippen molar-refractivity contribution in [1.29, 1.82) is 0 Å². The molecule has 1 aliphatic heterocycles. The van der Waals surface area contributed by atoms with Gasteiger partial charge in [0.05, 0.1) is 10.5 Å². The molecule has 1 aromatic carbocycles. The lowest BCUT2D eigenvalue weighted by molar-refractivity contribution is -0.384. The molecule has 1 amide bonds. The van der Waals surface area contributed by atoms with Gasteiger partial charge in [-0.15, -0.1) is 0 Å². The van der Waals surface area contributed by atoms with Crippen molar-refractivity contribution in [1.82, 2.24) is 4.90 Å². The monoisotopic (exact) mass is 342 g/mol. The van der Waals surface area contributed by atoms with E-state index in [1.54, 1.807) is 0 Å². The lowest BCUT2D eigenvalue weighted by Gasteiger charge is -2.34. The van der Waals surface area contributed by atoms with Crippen molar-refractivity contribution in [2.24, 2.45) is 5.73 Å². The highest BCUT2D eigenvalue weighted by Crippen LogP contribution is 2.35. The summed E-state index contributed by atoms with van der Waals surface area (Å²) < 4.78 is 0.468. The molecule has 20 heavy (non-hydrogen) atoms. The Labute approximate surface area is 124 Å². The second-order valence-electron chi connectivity index (χ2n) is 4.73. The molecule has 1 saturated heterocycles. The molecule has 7 nitrogen and oxygen atoms in total. The second kappa shape index (κ2) is 5.76. The Morgan fingerprint density at radius 1 is 1.35 bits per heavy atom. The van der Waals surface area contributed by atoms with Crippen LogP contribution in [0, 0.1) is 10.1 Å². The van der Waals surface area contributed by atoms with Gasteiger partial charge in [-0.1, -0.05) is 15.9 Å². The maximum absolute atomic E-state index is 11.6. The molecule has 0 bridgehead atoms. The highest BCUT2D eigenvalue weighted by atomic mass is 79.9. The number of benzene rings is 1. The van der Waals surface area contributed by atoms with Gasteiger partial charge in [0.15, 0.2) is 0 Å². The van der Waals surface area contributed by atoms with Crippen molar-refractivity contribution < 1.29 is 9.72 Å². The van der Waals surface area contributed by atoms with Crippen molar-refractivity contribution in [2.45, 2.75) is 0 Å². The minimum Gasteiger partial charge on any atom is -0.366 e. The van der Waals surface area contributed by atoms with Crippen LogP contribution in [0.2, 0.25) is 0 Å². The number of nitro benzene ring substituents is 1. The second-order valence-corrected chi connectivity index (χ2v) is 5.65. The molecule has 0 unspecified atom stereocenters. The summed E-state index contributed by atoms with van der Waals surface area (Å²) in [5.41, 5.74) is 5.76. The van der Waals surface area contributed by atoms with Gasteiger partial charge in [0.25, 0.3) is 11.6 Å². The van der Waals surface area contributed by atoms with E-state index in [0.29, 0.717) is 23.2 Å². The first kappa shape index (κ1) is 14.7. The number of likely N-dealkylation sites (N-methyl/N-ethyl adjacent to an activating group) is 1. The van der Waals surface area contributed by atoms with E-state index in [-0.39, 0.29) is 11.3 Å². The van der Waals surface area contributed by atoms with Crippen LogP contribution < -0.4 is 10.6 Å². The number of hydrogen-bond acceptors (Lipinski definition) is 5. The first-order chi connectivity index (χ1) is 9.40. The third-order valence-electron chi connectivity index (χ3n) is 3.34. The normalized spacial score (nSPS) is 16.2. The van der Waals surface area contributed by atoms with Crippen LogP contribution in [0.3, 0.4) is 0 Å². The smallest absolute Gasteiger partial charge is 0.294 e. The number of halogens is 1. The fourth-order valence-corrected chi connectivity index (χ4v) is 2.72. The molecule has 1 heterocycles. The lowest BCUT2D eigenvalue weighted by atomic mass is 10.1. The molecule has 1 aromatic rings. The number of rotatable bonds is 3. The van der Waals surface area contributed by atoms with E-state index < -0.39 is 10.8 Å². The van der Waals surface area contributed by atoms with E-state index in [2.05, 4.69) is 20.8 Å². The number of nitrogens with two attached hydrogens (primary N) is 1. The standard InChI is InChI=1S/C12H15BrN4O3/c1-15-2-4-16(5-3-15)11-9(12(14)18)6-8(13)7-10(11)17(19)20/h6-7H,2-5H2,1H3,(H2,14,18). The molecule has 0 saturated carbocycles. The number of hydrogen-bond donors (Lipinski definition) is 1. The zero-order valence-electron chi connectivity index (χ0n) is 11.0. The Morgan fingerprint density at radius 2 is 1.95 bits per heavy atom. The molecule has 2 rings (SSSR count). The summed E-state index contributed by atoms with van der Waals surface area (Å²) in [6.07, 6.45) is 0. The molecule has 8 heteroatoms. The van der Waals surface area contributed by atoms with Gasteiger partial charge in [-0.05, 0) is 13.1 Å². The van der Waals surface area contributed by atoms with Crippen molar-refractivity contribution in [2.75, 3.05) is 38.1 Å². The third-order valence-corrected chi connectivity index (χ3v) is 3.79. The largest absolute Gasteiger partial charge is 0.366 e. The molecular weight excluding hydrogens is 328 g/mol. The summed E-state index contributed by atoms with van der Waals surface area (Å²) in [5.74, 6) is -0.664. The van der Waals surface area contributed by atoms with Gasteiger partial charge in [0, 0.05) is 36.7 Å². The number of nitrogens with zero attached hydrogens (tertiary/aromatic N) is 3. The molecular formula is C12H15BrN4O3. The predicted octanol–water partition coefficient (Wildman–Crippen LogP) is 1.21. The van der Waals surface area contributed by atoms with Crippen molar-refractivity contribution in [3.8, 4) is 0 Å². The molecule has 0 aromatic heterocycles. The van der Waals surface area contributed by atoms with Gasteiger partial charge < -0.3 is 15.5 Å². The van der Waals surface area contributed by atoms with Gasteiger partial charge in [0.1, 0.15) is 5.69 Å². The van der Waals surface area contributed by atoms with Crippen LogP contribution >= 0.6 is 15.9 Å². The van der Waals surface area contributed by atoms with Gasteiger partial charge in [-0.2, -0.15) is 0 Å². The Kier molecular flexibility index (Phi) is 4.24. The first-order valence-corrected chi connectivity index (χ1v) is 6.90. The first-order valence-electron chi connectivity index (χ1n) is 6.11. The van der Waals surface area contributed by atoms with E-state index in [0.717, 1.165) is 13.1 Å². The Balaban J connectivity index is 2.53. The summed E-state index contributed by atoms with van der Waals surface area (Å²) in [6.45, 7) is 2.81. The number of amides is 1. The Bertz CT molecular complexity index is 521. The number of carbonyl (C=O) groups is 1. The highest BCUT2D eigenvalue weighted by molar-refractivity contribution is 9.10. The van der Waals surface area contributed by atoms with Gasteiger partial charge in [-0.25, -0.2) is 0 Å². The molecule has 1 aliphatic rings. The number of carbonyl (C=O) groups excluding carboxylic acids is 1. The van der Waals surface area contributed by atoms with Gasteiger partial charge >= 0.3 is 0 Å². The number of nitro groups is 1. The van der Waals surface area contributed by atoms with Crippen LogP contribution in [-0.2, 0) is 0 Å². The van der Waals surface area contributed by atoms with Crippen LogP contribution in [0.5, 0.6) is 0 Å². The Hall–Kier alpha value is -1.67. The van der Waals surface area contributed by atoms with E-state index in [1.807, 2.05) is 11.9 Å². The summed E-state index contributed by atoms with van der Waals surface area (Å²) in [4.78, 5) is 26.3. The van der Waals surface area contributed by atoms with Crippen LogP contribution in [0.15, 0.2) is 16.6 Å². The van der Waals surface area contributed by atoms with E-state index in [1.165, 1.54) is 12.1 Å². The molecule has 2 N–H and O–H groups in total. The molecule has 1 fully saturated rings. The lowest BCUT2D eigenvalue weighted by Crippen LogP contribution is -2.45. The van der Waals surface area contributed by atoms with Crippen molar-refractivity contribution in [3.63, 3.8) is 0 Å². The van der Waals surface area contributed by atoms with Crippen molar-refractivity contribution in [3.05, 3.63) is 32.3 Å². The summed E-state index contributed by atoms with van der Waals surface area (Å²) in [7, 11) is 1.99. The summed E-state index contributed by atoms with van der Waals surface area (Å²) in [5, 5.41) is 11.3. The predicted molar refractivity (Wildman–Crippen MR) is 79.0 cm³/mol. The van der Waals surface area contributed by atoms with Crippen molar-refractivity contribution >= 4 is 33.2 Å². The molecule has 108 valence electrons. The van der Waals surface area contributed by atoms with E-state index in [4.69, 9.17) is 5.73 Å². The zero-order valence-corrected chi connectivity index (χ0v) is 12.6. The fraction of sp³-hybridized carbons (Fsp3) is 0.417. The Morgan fingerprint density at radius 3 is 2.45 bits per heavy atom. The minimum absolute atomic E-state index is 0.0993. The highest BCUT2D eigenvalue weighted by Gasteiger charge is 2.28. The van der Waals surface area contributed by atoms with Crippen LogP contribution in [0.4, 0.5) is 11.4 Å². The fourth-order valence-electron chi connectivity index (χ4n) is 2.27. The molecule has 0 spiro atoms. The maximum atomic E-state index is 11.6. The zero-order chi connectivity index (χ0) is 14.9. The third kappa shape index (κ3) is 2.91. The van der Waals surface area contributed by atoms with Crippen LogP contribution in [0.1, 0.15) is 10.4 Å². The number of anilines is 1. The number of primary amides is 1. The average molecular weight is 343 g/mol. The summed E-state index contributed by atoms with van der Waals surface area (Å²) >= 11 is 3.18. The topological polar surface area (TPSA) is 92.7 Å². The molecule has 0 radical (unpaired) electrons. The molecule has 0 aliphatic carbocycles. The number of piperazine rings is 1. The quantitative estimate of drug-likeness (QED) is 0.658. The average Bonchev–Trinajstić information content (AvgIpc) is 2.38. The molecule has 0 atom stereocenters. The SMILES string of the molecule is CN1CCN(c2c(C(N)=O)cc(Br)cc2[N+](=O)[O-])CC1. The summed E-state index contributed by atoms with van der Waals surface area (Å²) in [6, 6.07) is 2.93. The van der Waals surface area contributed by atoms with Crippen LogP contribution in [-0.4, -0.2) is 49.0 Å². The minimum atomic E-state index is -0.664. The van der Waals surface area contributed by atoms with Gasteiger partial charge in [-0.3, -0.25) is 14.9 Å². The van der Waals surface area contributed by atoms with E-state index >= 15 is 0 Å². The van der Waals surface area contributed by atoms with Gasteiger partial charge in [0.2, 0.25) is 0 Å².